The second kappa shape index (κ2) is 12.9. The summed E-state index contributed by atoms with van der Waals surface area (Å²) < 4.78 is 28.0. The summed E-state index contributed by atoms with van der Waals surface area (Å²) in [6.45, 7) is 2.35. The summed E-state index contributed by atoms with van der Waals surface area (Å²) in [5, 5.41) is 15.6. The molecule has 1 atom stereocenters. The van der Waals surface area contributed by atoms with Gasteiger partial charge in [0.15, 0.2) is 0 Å². The largest absolute Gasteiger partial charge is 0.480 e. The lowest BCUT2D eigenvalue weighted by Crippen LogP contribution is -2.42. The van der Waals surface area contributed by atoms with E-state index in [1.165, 1.54) is 25.3 Å². The molecule has 0 heterocycles. The van der Waals surface area contributed by atoms with Crippen molar-refractivity contribution in [2.45, 2.75) is 56.4 Å². The maximum atomic E-state index is 12.8. The summed E-state index contributed by atoms with van der Waals surface area (Å²) in [5.74, 6) is -0.704. The van der Waals surface area contributed by atoms with Crippen molar-refractivity contribution in [1.29, 1.82) is 0 Å². The fraction of sp³-hybridized carbons (Fsp3) is 0.333. The number of urea groups is 1. The minimum atomic E-state index is -4.00. The Morgan fingerprint density at radius 3 is 2.33 bits per heavy atom. The van der Waals surface area contributed by atoms with Gasteiger partial charge in [-0.25, -0.2) is 13.2 Å². The van der Waals surface area contributed by atoms with Crippen LogP contribution in [0.1, 0.15) is 43.2 Å². The first-order valence-corrected chi connectivity index (χ1v) is 14.7. The normalized spacial score (nSPS) is 14.9. The summed E-state index contributed by atoms with van der Waals surface area (Å²) in [5.41, 5.74) is 3.67. The maximum Gasteiger partial charge on any atom is 0.322 e. The second-order valence-corrected chi connectivity index (χ2v) is 11.8. The third-order valence-corrected chi connectivity index (χ3v) is 8.73. The standard InChI is InChI=1S/C30H35N3O5S/c1-21-8-5-6-13-28(21)39(37,38)33-27(29(34)35)18-22-14-16-24(17-15-22)25-11-7-12-26(19-25)32-30(36)31-20-23-9-3-2-4-10-23/h5-8,11-17,19,23,27,33H,2-4,9-10,18,20H2,1H3,(H,34,35)(H2,31,32,36). The highest BCUT2D eigenvalue weighted by Gasteiger charge is 2.26. The predicted molar refractivity (Wildman–Crippen MR) is 152 cm³/mol. The van der Waals surface area contributed by atoms with Crippen molar-refractivity contribution in [1.82, 2.24) is 10.0 Å². The Hall–Kier alpha value is -3.69. The predicted octanol–water partition coefficient (Wildman–Crippen LogP) is 5.34. The van der Waals surface area contributed by atoms with Crippen LogP contribution in [0.4, 0.5) is 10.5 Å². The van der Waals surface area contributed by atoms with Gasteiger partial charge in [-0.1, -0.05) is 73.9 Å². The lowest BCUT2D eigenvalue weighted by Gasteiger charge is -2.21. The quantitative estimate of drug-likeness (QED) is 0.272. The molecule has 0 radical (unpaired) electrons. The van der Waals surface area contributed by atoms with Crippen molar-refractivity contribution in [3.05, 3.63) is 83.9 Å². The highest BCUT2D eigenvalue weighted by Crippen LogP contribution is 2.25. The van der Waals surface area contributed by atoms with Crippen LogP contribution in [0.15, 0.2) is 77.7 Å². The molecule has 2 amide bonds. The average molecular weight is 550 g/mol. The number of anilines is 1. The molecule has 4 N–H and O–H groups in total. The number of hydrogen-bond donors (Lipinski definition) is 4. The summed E-state index contributed by atoms with van der Waals surface area (Å²) in [6, 6.07) is 19.7. The Bertz CT molecular complexity index is 1400. The zero-order valence-corrected chi connectivity index (χ0v) is 22.8. The Balaban J connectivity index is 1.38. The van der Waals surface area contributed by atoms with Crippen LogP contribution < -0.4 is 15.4 Å². The van der Waals surface area contributed by atoms with Crippen LogP contribution in [0, 0.1) is 12.8 Å². The van der Waals surface area contributed by atoms with E-state index in [1.807, 2.05) is 36.4 Å². The van der Waals surface area contributed by atoms with Crippen molar-refractivity contribution in [3.8, 4) is 11.1 Å². The molecule has 0 aromatic heterocycles. The van der Waals surface area contributed by atoms with Gasteiger partial charge in [-0.15, -0.1) is 0 Å². The lowest BCUT2D eigenvalue weighted by molar-refractivity contribution is -0.138. The van der Waals surface area contributed by atoms with Crippen LogP contribution >= 0.6 is 0 Å². The molecule has 1 saturated carbocycles. The van der Waals surface area contributed by atoms with E-state index in [4.69, 9.17) is 0 Å². The number of aliphatic carboxylic acids is 1. The maximum absolute atomic E-state index is 12.8. The third-order valence-electron chi connectivity index (χ3n) is 7.10. The van der Waals surface area contributed by atoms with Gasteiger partial charge < -0.3 is 15.7 Å². The minimum absolute atomic E-state index is 0.0104. The molecule has 0 saturated heterocycles. The van der Waals surface area contributed by atoms with Crippen LogP contribution in [0.25, 0.3) is 11.1 Å². The molecule has 9 heteroatoms. The van der Waals surface area contributed by atoms with Crippen molar-refractivity contribution in [2.75, 3.05) is 11.9 Å². The van der Waals surface area contributed by atoms with E-state index >= 15 is 0 Å². The Morgan fingerprint density at radius 2 is 1.64 bits per heavy atom. The molecule has 3 aromatic carbocycles. The molecular formula is C30H35N3O5S. The minimum Gasteiger partial charge on any atom is -0.480 e. The number of carbonyl (C=O) groups is 2. The highest BCUT2D eigenvalue weighted by molar-refractivity contribution is 7.89. The summed E-state index contributed by atoms with van der Waals surface area (Å²) in [6.07, 6.45) is 6.06. The summed E-state index contributed by atoms with van der Waals surface area (Å²) in [4.78, 5) is 24.3. The summed E-state index contributed by atoms with van der Waals surface area (Å²) in [7, 11) is -4.00. The van der Waals surface area contributed by atoms with Crippen LogP contribution in [-0.2, 0) is 21.2 Å². The topological polar surface area (TPSA) is 125 Å². The van der Waals surface area contributed by atoms with Crippen LogP contribution in [0.2, 0.25) is 0 Å². The van der Waals surface area contributed by atoms with Crippen LogP contribution in [0.3, 0.4) is 0 Å². The molecule has 0 spiro atoms. The summed E-state index contributed by atoms with van der Waals surface area (Å²) >= 11 is 0. The van der Waals surface area contributed by atoms with Crippen LogP contribution in [-0.4, -0.2) is 38.1 Å². The van der Waals surface area contributed by atoms with Crippen molar-refractivity contribution in [2.24, 2.45) is 5.92 Å². The van der Waals surface area contributed by atoms with Gasteiger partial charge in [0.25, 0.3) is 0 Å². The molecule has 39 heavy (non-hydrogen) atoms. The number of sulfonamides is 1. The number of aryl methyl sites for hydroxylation is 1. The number of amides is 2. The molecule has 1 unspecified atom stereocenters. The van der Waals surface area contributed by atoms with E-state index in [0.29, 0.717) is 29.3 Å². The van der Waals surface area contributed by atoms with Gasteiger partial charge in [-0.2, -0.15) is 4.72 Å². The first-order valence-electron chi connectivity index (χ1n) is 13.3. The third kappa shape index (κ3) is 7.91. The first kappa shape index (κ1) is 28.3. The van der Waals surface area contributed by atoms with Crippen molar-refractivity contribution >= 4 is 27.7 Å². The van der Waals surface area contributed by atoms with Gasteiger partial charge in [-0.05, 0) is 72.6 Å². The second-order valence-electron chi connectivity index (χ2n) is 10.1. The zero-order chi connectivity index (χ0) is 27.8. The fourth-order valence-corrected chi connectivity index (χ4v) is 6.37. The molecule has 4 rings (SSSR count). The van der Waals surface area contributed by atoms with Gasteiger partial charge in [0.05, 0.1) is 4.90 Å². The van der Waals surface area contributed by atoms with Gasteiger partial charge in [-0.3, -0.25) is 4.79 Å². The van der Waals surface area contributed by atoms with Crippen LogP contribution in [0.5, 0.6) is 0 Å². The number of nitrogens with one attached hydrogen (secondary N) is 3. The monoisotopic (exact) mass is 549 g/mol. The van der Waals surface area contributed by atoms with E-state index < -0.39 is 22.0 Å². The molecule has 1 fully saturated rings. The number of hydrogen-bond acceptors (Lipinski definition) is 4. The number of carboxylic acid groups (broad SMARTS) is 1. The SMILES string of the molecule is Cc1ccccc1S(=O)(=O)NC(Cc1ccc(-c2cccc(NC(=O)NCC3CCCCC3)c2)cc1)C(=O)O. The molecule has 8 nitrogen and oxygen atoms in total. The number of carboxylic acids is 1. The van der Waals surface area contributed by atoms with Gasteiger partial charge in [0, 0.05) is 12.2 Å². The number of benzene rings is 3. The van der Waals surface area contributed by atoms with E-state index in [0.717, 1.165) is 24.0 Å². The lowest BCUT2D eigenvalue weighted by atomic mass is 9.89. The highest BCUT2D eigenvalue weighted by atomic mass is 32.2. The fourth-order valence-electron chi connectivity index (χ4n) is 4.94. The number of carbonyl (C=O) groups excluding carboxylic acids is 1. The van der Waals surface area contributed by atoms with Gasteiger partial charge in [0.1, 0.15) is 6.04 Å². The molecule has 0 aliphatic heterocycles. The van der Waals surface area contributed by atoms with E-state index in [-0.39, 0.29) is 17.3 Å². The van der Waals surface area contributed by atoms with Gasteiger partial charge in [0.2, 0.25) is 10.0 Å². The molecule has 3 aromatic rings. The Kier molecular flexibility index (Phi) is 9.37. The molecule has 1 aliphatic rings. The van der Waals surface area contributed by atoms with Gasteiger partial charge >= 0.3 is 12.0 Å². The first-order chi connectivity index (χ1) is 18.7. The average Bonchev–Trinajstić information content (AvgIpc) is 2.93. The van der Waals surface area contributed by atoms with E-state index in [9.17, 15) is 23.1 Å². The smallest absolute Gasteiger partial charge is 0.322 e. The number of rotatable bonds is 10. The Labute approximate surface area is 229 Å². The van der Waals surface area contributed by atoms with E-state index in [2.05, 4.69) is 15.4 Å². The van der Waals surface area contributed by atoms with Crippen molar-refractivity contribution < 1.29 is 23.1 Å². The van der Waals surface area contributed by atoms with Crippen molar-refractivity contribution in [3.63, 3.8) is 0 Å². The molecular weight excluding hydrogens is 514 g/mol. The molecule has 0 bridgehead atoms. The Morgan fingerprint density at radius 1 is 0.923 bits per heavy atom. The zero-order valence-electron chi connectivity index (χ0n) is 22.0. The molecule has 1 aliphatic carbocycles. The molecule has 206 valence electrons. The van der Waals surface area contributed by atoms with E-state index in [1.54, 1.807) is 37.3 Å².